The number of nitrogens with zero attached hydrogens (tertiary/aromatic N) is 2. The Morgan fingerprint density at radius 2 is 1.96 bits per heavy atom. The van der Waals surface area contributed by atoms with Crippen LogP contribution in [-0.2, 0) is 13.0 Å². The Hall–Kier alpha value is -2.82. The number of carbonyl (C=O) groups excluding carboxylic acids is 1. The van der Waals surface area contributed by atoms with Crippen LogP contribution in [0.1, 0.15) is 60.6 Å². The Morgan fingerprint density at radius 3 is 2.58 bits per heavy atom. The van der Waals surface area contributed by atoms with Gasteiger partial charge >= 0.3 is 0 Å². The largest absolute Gasteiger partial charge is 0.467 e. The van der Waals surface area contributed by atoms with E-state index in [0.29, 0.717) is 12.1 Å². The van der Waals surface area contributed by atoms with Crippen molar-refractivity contribution in [3.63, 3.8) is 0 Å². The van der Waals surface area contributed by atoms with E-state index in [9.17, 15) is 4.79 Å². The number of furan rings is 1. The minimum Gasteiger partial charge on any atom is -0.467 e. The molecule has 0 aliphatic heterocycles. The minimum absolute atomic E-state index is 0.101. The summed E-state index contributed by atoms with van der Waals surface area (Å²) in [6.45, 7) is 6.65. The van der Waals surface area contributed by atoms with Gasteiger partial charge in [-0.25, -0.2) is 4.68 Å². The van der Waals surface area contributed by atoms with Crippen molar-refractivity contribution in [1.29, 1.82) is 0 Å². The predicted octanol–water partition coefficient (Wildman–Crippen LogP) is 4.47. The van der Waals surface area contributed by atoms with Crippen LogP contribution in [-0.4, -0.2) is 15.7 Å². The van der Waals surface area contributed by atoms with Crippen LogP contribution >= 0.6 is 0 Å². The quantitative estimate of drug-likeness (QED) is 0.683. The highest BCUT2D eigenvalue weighted by Gasteiger charge is 2.25. The lowest BCUT2D eigenvalue weighted by molar-refractivity contribution is 0.0945. The van der Waals surface area contributed by atoms with E-state index in [1.165, 1.54) is 0 Å². The molecule has 1 aromatic carbocycles. The first-order chi connectivity index (χ1) is 12.6. The zero-order valence-corrected chi connectivity index (χ0v) is 15.5. The lowest BCUT2D eigenvalue weighted by Crippen LogP contribution is -2.25. The number of hydrogen-bond acceptors (Lipinski definition) is 3. The van der Waals surface area contributed by atoms with E-state index < -0.39 is 0 Å². The van der Waals surface area contributed by atoms with E-state index in [2.05, 4.69) is 26.1 Å². The smallest absolute Gasteiger partial charge is 0.255 e. The molecule has 5 heteroatoms. The summed E-state index contributed by atoms with van der Waals surface area (Å²) in [7, 11) is 0. The van der Waals surface area contributed by atoms with Gasteiger partial charge in [0.2, 0.25) is 0 Å². The molecule has 5 nitrogen and oxygen atoms in total. The van der Waals surface area contributed by atoms with Crippen molar-refractivity contribution in [3.8, 4) is 5.69 Å². The summed E-state index contributed by atoms with van der Waals surface area (Å²) in [5.74, 6) is 0.797. The Labute approximate surface area is 154 Å². The van der Waals surface area contributed by atoms with Gasteiger partial charge in [0.25, 0.3) is 5.91 Å². The molecule has 0 atom stereocenters. The molecule has 26 heavy (non-hydrogen) atoms. The van der Waals surface area contributed by atoms with Crippen molar-refractivity contribution in [3.05, 3.63) is 71.4 Å². The van der Waals surface area contributed by atoms with Gasteiger partial charge in [0.15, 0.2) is 0 Å². The molecule has 0 fully saturated rings. The predicted molar refractivity (Wildman–Crippen MR) is 102 cm³/mol. The van der Waals surface area contributed by atoms with Gasteiger partial charge in [0.1, 0.15) is 5.76 Å². The summed E-state index contributed by atoms with van der Waals surface area (Å²) in [4.78, 5) is 13.0. The molecule has 0 radical (unpaired) electrons. The summed E-state index contributed by atoms with van der Waals surface area (Å²) in [5, 5.41) is 7.76. The van der Waals surface area contributed by atoms with Crippen LogP contribution in [0.3, 0.4) is 0 Å². The molecule has 3 rings (SSSR count). The second-order valence-corrected chi connectivity index (χ2v) is 6.62. The van der Waals surface area contributed by atoms with E-state index in [1.807, 2.05) is 47.1 Å². The maximum absolute atomic E-state index is 13.0. The second kappa shape index (κ2) is 8.04. The number of benzene rings is 1. The number of hydrogen-bond donors (Lipinski definition) is 1. The highest BCUT2D eigenvalue weighted by Crippen LogP contribution is 2.27. The Kier molecular flexibility index (Phi) is 5.56. The van der Waals surface area contributed by atoms with E-state index in [0.717, 1.165) is 35.7 Å². The average Bonchev–Trinajstić information content (AvgIpc) is 3.28. The third-order valence-electron chi connectivity index (χ3n) is 4.26. The molecule has 0 unspecified atom stereocenters. The van der Waals surface area contributed by atoms with Crippen molar-refractivity contribution in [1.82, 2.24) is 15.1 Å². The minimum atomic E-state index is -0.101. The maximum atomic E-state index is 13.0. The van der Waals surface area contributed by atoms with Crippen LogP contribution in [0.4, 0.5) is 0 Å². The molecule has 1 N–H and O–H groups in total. The van der Waals surface area contributed by atoms with Crippen molar-refractivity contribution in [2.75, 3.05) is 0 Å². The van der Waals surface area contributed by atoms with Gasteiger partial charge in [0.05, 0.1) is 35.4 Å². The standard InChI is InChI=1S/C21H25N3O2/c1-4-9-18-19(21(25)22-14-17-12-8-13-26-17)20(15(2)3)24(23-18)16-10-6-5-7-11-16/h5-8,10-13,15H,4,9,14H2,1-3H3,(H,22,25). The van der Waals surface area contributed by atoms with Crippen LogP contribution in [0.25, 0.3) is 5.69 Å². The second-order valence-electron chi connectivity index (χ2n) is 6.62. The van der Waals surface area contributed by atoms with Crippen molar-refractivity contribution in [2.45, 2.75) is 46.1 Å². The highest BCUT2D eigenvalue weighted by atomic mass is 16.3. The van der Waals surface area contributed by atoms with Crippen LogP contribution in [0.2, 0.25) is 0 Å². The number of amides is 1. The van der Waals surface area contributed by atoms with Gasteiger partial charge < -0.3 is 9.73 Å². The monoisotopic (exact) mass is 351 g/mol. The summed E-state index contributed by atoms with van der Waals surface area (Å²) in [6.07, 6.45) is 3.31. The first-order valence-electron chi connectivity index (χ1n) is 9.09. The fourth-order valence-electron chi connectivity index (χ4n) is 3.11. The molecule has 0 bridgehead atoms. The Morgan fingerprint density at radius 1 is 1.19 bits per heavy atom. The third-order valence-corrected chi connectivity index (χ3v) is 4.26. The number of rotatable bonds is 7. The zero-order chi connectivity index (χ0) is 18.5. The van der Waals surface area contributed by atoms with Crippen LogP contribution < -0.4 is 5.32 Å². The van der Waals surface area contributed by atoms with Gasteiger partial charge in [-0.1, -0.05) is 45.4 Å². The fourth-order valence-corrected chi connectivity index (χ4v) is 3.11. The number of carbonyl (C=O) groups is 1. The van der Waals surface area contributed by atoms with E-state index in [-0.39, 0.29) is 11.8 Å². The topological polar surface area (TPSA) is 60.1 Å². The molecule has 1 amide bonds. The summed E-state index contributed by atoms with van der Waals surface area (Å²) in [5.41, 5.74) is 3.45. The Bertz CT molecular complexity index is 849. The molecule has 136 valence electrons. The molecule has 0 saturated heterocycles. The lowest BCUT2D eigenvalue weighted by Gasteiger charge is -2.13. The molecule has 2 heterocycles. The summed E-state index contributed by atoms with van der Waals surface area (Å²) < 4.78 is 7.23. The van der Waals surface area contributed by atoms with E-state index in [1.54, 1.807) is 6.26 Å². The summed E-state index contributed by atoms with van der Waals surface area (Å²) >= 11 is 0. The molecule has 2 aromatic heterocycles. The number of aromatic nitrogens is 2. The van der Waals surface area contributed by atoms with Crippen molar-refractivity contribution in [2.24, 2.45) is 0 Å². The number of nitrogens with one attached hydrogen (secondary N) is 1. The molecule has 0 aliphatic carbocycles. The van der Waals surface area contributed by atoms with Crippen molar-refractivity contribution >= 4 is 5.91 Å². The third kappa shape index (κ3) is 3.72. The molecule has 3 aromatic rings. The van der Waals surface area contributed by atoms with Crippen LogP contribution in [0.15, 0.2) is 53.1 Å². The normalized spacial score (nSPS) is 11.1. The molecule has 0 spiro atoms. The molecule has 0 aliphatic rings. The Balaban J connectivity index is 2.01. The number of para-hydroxylation sites is 1. The number of aryl methyl sites for hydroxylation is 1. The van der Waals surface area contributed by atoms with Crippen LogP contribution in [0, 0.1) is 0 Å². The van der Waals surface area contributed by atoms with Gasteiger partial charge in [-0.3, -0.25) is 4.79 Å². The average molecular weight is 351 g/mol. The van der Waals surface area contributed by atoms with Gasteiger partial charge in [-0.05, 0) is 36.6 Å². The first kappa shape index (κ1) is 18.0. The first-order valence-corrected chi connectivity index (χ1v) is 9.09. The molecule has 0 saturated carbocycles. The maximum Gasteiger partial charge on any atom is 0.255 e. The SMILES string of the molecule is CCCc1nn(-c2ccccc2)c(C(C)C)c1C(=O)NCc1ccco1. The zero-order valence-electron chi connectivity index (χ0n) is 15.5. The van der Waals surface area contributed by atoms with Gasteiger partial charge in [-0.15, -0.1) is 0 Å². The van der Waals surface area contributed by atoms with E-state index in [4.69, 9.17) is 9.52 Å². The lowest BCUT2D eigenvalue weighted by atomic mass is 10.0. The summed E-state index contributed by atoms with van der Waals surface area (Å²) in [6, 6.07) is 13.6. The van der Waals surface area contributed by atoms with E-state index >= 15 is 0 Å². The van der Waals surface area contributed by atoms with Crippen LogP contribution in [0.5, 0.6) is 0 Å². The highest BCUT2D eigenvalue weighted by molar-refractivity contribution is 5.96. The fraction of sp³-hybridized carbons (Fsp3) is 0.333. The van der Waals surface area contributed by atoms with Gasteiger partial charge in [-0.2, -0.15) is 5.10 Å². The molecular weight excluding hydrogens is 326 g/mol. The molecular formula is C21H25N3O2. The van der Waals surface area contributed by atoms with Crippen molar-refractivity contribution < 1.29 is 9.21 Å². The van der Waals surface area contributed by atoms with Gasteiger partial charge in [0, 0.05) is 0 Å².